The average Bonchev–Trinajstić information content (AvgIpc) is 3.21. The Morgan fingerprint density at radius 2 is 2.16 bits per heavy atom. The minimum Gasteiger partial charge on any atom is -0.381 e. The molecule has 0 radical (unpaired) electrons. The largest absolute Gasteiger partial charge is 0.381 e. The van der Waals surface area contributed by atoms with Crippen molar-refractivity contribution in [3.8, 4) is 0 Å². The number of unbranched alkanes of at least 4 members (excludes halogenated alkanes) is 1. The number of likely N-dealkylation sites (tertiary alicyclic amines) is 2. The minimum atomic E-state index is 0. The van der Waals surface area contributed by atoms with Crippen LogP contribution < -0.4 is 5.32 Å². The maximum absolute atomic E-state index is 5.63. The van der Waals surface area contributed by atoms with Crippen molar-refractivity contribution in [2.24, 2.45) is 16.3 Å². The summed E-state index contributed by atoms with van der Waals surface area (Å²) in [7, 11) is 1.91. The fraction of sp³-hybridized carbons (Fsp3) is 0.947. The van der Waals surface area contributed by atoms with Crippen molar-refractivity contribution in [2.45, 2.75) is 45.4 Å². The molecular formula is C19H37IN4O. The molecule has 3 aliphatic rings. The predicted octanol–water partition coefficient (Wildman–Crippen LogP) is 2.80. The monoisotopic (exact) mass is 464 g/mol. The number of ether oxygens (including phenoxy) is 1. The highest BCUT2D eigenvalue weighted by Crippen LogP contribution is 2.38. The van der Waals surface area contributed by atoms with Crippen molar-refractivity contribution in [1.29, 1.82) is 0 Å². The van der Waals surface area contributed by atoms with Crippen LogP contribution >= 0.6 is 24.0 Å². The molecule has 0 amide bonds. The Hall–Kier alpha value is -0.0800. The van der Waals surface area contributed by atoms with E-state index < -0.39 is 0 Å². The van der Waals surface area contributed by atoms with Crippen LogP contribution in [0.5, 0.6) is 0 Å². The molecule has 0 aliphatic carbocycles. The Labute approximate surface area is 171 Å². The van der Waals surface area contributed by atoms with Gasteiger partial charge in [-0.05, 0) is 57.5 Å². The van der Waals surface area contributed by atoms with Gasteiger partial charge in [0.15, 0.2) is 5.96 Å². The highest BCUT2D eigenvalue weighted by Gasteiger charge is 2.42. The van der Waals surface area contributed by atoms with Crippen LogP contribution in [0.15, 0.2) is 4.99 Å². The number of hydrogen-bond acceptors (Lipinski definition) is 3. The molecule has 1 spiro atoms. The van der Waals surface area contributed by atoms with Crippen molar-refractivity contribution in [1.82, 2.24) is 15.1 Å². The van der Waals surface area contributed by atoms with E-state index in [1.807, 2.05) is 7.05 Å². The van der Waals surface area contributed by atoms with E-state index >= 15 is 0 Å². The maximum atomic E-state index is 5.63. The molecule has 3 saturated heterocycles. The van der Waals surface area contributed by atoms with E-state index in [0.29, 0.717) is 5.41 Å². The lowest BCUT2D eigenvalue weighted by Gasteiger charge is -2.30. The first-order valence-corrected chi connectivity index (χ1v) is 9.96. The van der Waals surface area contributed by atoms with Gasteiger partial charge in [0.05, 0.1) is 6.61 Å². The molecule has 0 aromatic rings. The van der Waals surface area contributed by atoms with Gasteiger partial charge in [0.2, 0.25) is 0 Å². The zero-order chi connectivity index (χ0) is 16.8. The van der Waals surface area contributed by atoms with E-state index in [4.69, 9.17) is 4.74 Å². The highest BCUT2D eigenvalue weighted by atomic mass is 127. The molecule has 25 heavy (non-hydrogen) atoms. The van der Waals surface area contributed by atoms with Crippen LogP contribution in [0, 0.1) is 11.3 Å². The second-order valence-electron chi connectivity index (χ2n) is 8.20. The number of aliphatic imine (C=N–C) groups is 1. The molecule has 1 N–H and O–H groups in total. The maximum Gasteiger partial charge on any atom is 0.193 e. The van der Waals surface area contributed by atoms with E-state index in [2.05, 4.69) is 27.0 Å². The van der Waals surface area contributed by atoms with Gasteiger partial charge in [0.25, 0.3) is 0 Å². The molecule has 2 unspecified atom stereocenters. The van der Waals surface area contributed by atoms with E-state index in [1.54, 1.807) is 0 Å². The van der Waals surface area contributed by atoms with Gasteiger partial charge in [-0.2, -0.15) is 0 Å². The van der Waals surface area contributed by atoms with Gasteiger partial charge in [-0.25, -0.2) is 0 Å². The smallest absolute Gasteiger partial charge is 0.193 e. The van der Waals surface area contributed by atoms with Crippen LogP contribution in [0.4, 0.5) is 0 Å². The number of hydrogen-bond donors (Lipinski definition) is 1. The van der Waals surface area contributed by atoms with Crippen molar-refractivity contribution < 1.29 is 4.74 Å². The third-order valence-electron chi connectivity index (χ3n) is 6.06. The summed E-state index contributed by atoms with van der Waals surface area (Å²) in [4.78, 5) is 9.58. The lowest BCUT2D eigenvalue weighted by molar-refractivity contribution is 0.156. The lowest BCUT2D eigenvalue weighted by atomic mass is 9.87. The van der Waals surface area contributed by atoms with Gasteiger partial charge in [-0.3, -0.25) is 4.99 Å². The van der Waals surface area contributed by atoms with Gasteiger partial charge in [-0.1, -0.05) is 6.92 Å². The van der Waals surface area contributed by atoms with Crippen molar-refractivity contribution in [2.75, 3.05) is 59.5 Å². The molecule has 0 bridgehead atoms. The Bertz CT molecular complexity index is 426. The molecule has 0 saturated carbocycles. The summed E-state index contributed by atoms with van der Waals surface area (Å²) in [5, 5.41) is 3.58. The number of halogens is 1. The molecule has 0 aromatic carbocycles. The fourth-order valence-corrected chi connectivity index (χ4v) is 4.57. The standard InChI is InChI=1S/C19H36N4O.HI/c1-17-6-5-11-22(14-17)10-4-3-9-21-18(20-2)23-12-7-19(15-23)8-13-24-16-19;/h17H,3-16H2,1-2H3,(H,20,21);1H. The number of nitrogens with zero attached hydrogens (tertiary/aromatic N) is 3. The lowest BCUT2D eigenvalue weighted by Crippen LogP contribution is -2.42. The van der Waals surface area contributed by atoms with E-state index in [-0.39, 0.29) is 24.0 Å². The molecular weight excluding hydrogens is 427 g/mol. The number of guanidine groups is 1. The third kappa shape index (κ3) is 5.96. The normalized spacial score (nSPS) is 30.7. The Balaban J connectivity index is 0.00000225. The molecule has 5 nitrogen and oxygen atoms in total. The number of rotatable bonds is 5. The molecule has 146 valence electrons. The molecule has 3 aliphatic heterocycles. The topological polar surface area (TPSA) is 40.1 Å². The van der Waals surface area contributed by atoms with Gasteiger partial charge in [-0.15, -0.1) is 24.0 Å². The van der Waals surface area contributed by atoms with E-state index in [9.17, 15) is 0 Å². The molecule has 3 fully saturated rings. The van der Waals surface area contributed by atoms with Crippen LogP contribution in [0.25, 0.3) is 0 Å². The number of piperidine rings is 1. The van der Waals surface area contributed by atoms with Crippen molar-refractivity contribution in [3.05, 3.63) is 0 Å². The third-order valence-corrected chi connectivity index (χ3v) is 6.06. The summed E-state index contributed by atoms with van der Waals surface area (Å²) in [6.07, 6.45) is 7.78. The van der Waals surface area contributed by atoms with Crippen LogP contribution in [0.2, 0.25) is 0 Å². The zero-order valence-electron chi connectivity index (χ0n) is 16.1. The predicted molar refractivity (Wildman–Crippen MR) is 115 cm³/mol. The Morgan fingerprint density at radius 1 is 1.28 bits per heavy atom. The average molecular weight is 464 g/mol. The Morgan fingerprint density at radius 3 is 2.88 bits per heavy atom. The van der Waals surface area contributed by atoms with Crippen LogP contribution in [0.1, 0.15) is 45.4 Å². The van der Waals surface area contributed by atoms with Crippen LogP contribution in [-0.2, 0) is 4.74 Å². The first-order valence-electron chi connectivity index (χ1n) is 9.96. The van der Waals surface area contributed by atoms with Crippen molar-refractivity contribution >= 4 is 29.9 Å². The first kappa shape index (κ1) is 21.2. The molecule has 0 aromatic heterocycles. The summed E-state index contributed by atoms with van der Waals surface area (Å²) in [5.41, 5.74) is 0.405. The van der Waals surface area contributed by atoms with Crippen LogP contribution in [0.3, 0.4) is 0 Å². The van der Waals surface area contributed by atoms with Gasteiger partial charge >= 0.3 is 0 Å². The second-order valence-corrected chi connectivity index (χ2v) is 8.20. The minimum absolute atomic E-state index is 0. The fourth-order valence-electron chi connectivity index (χ4n) is 4.57. The van der Waals surface area contributed by atoms with E-state index in [0.717, 1.165) is 44.7 Å². The summed E-state index contributed by atoms with van der Waals surface area (Å²) in [6.45, 7) is 11.4. The molecule has 3 rings (SSSR count). The zero-order valence-corrected chi connectivity index (χ0v) is 18.5. The molecule has 6 heteroatoms. The molecule has 2 atom stereocenters. The van der Waals surface area contributed by atoms with Gasteiger partial charge in [0.1, 0.15) is 0 Å². The Kier molecular flexibility index (Phi) is 8.75. The summed E-state index contributed by atoms with van der Waals surface area (Å²) >= 11 is 0. The molecule has 3 heterocycles. The summed E-state index contributed by atoms with van der Waals surface area (Å²) < 4.78 is 5.63. The van der Waals surface area contributed by atoms with Crippen molar-refractivity contribution in [3.63, 3.8) is 0 Å². The second kappa shape index (κ2) is 10.3. The quantitative estimate of drug-likeness (QED) is 0.294. The highest BCUT2D eigenvalue weighted by molar-refractivity contribution is 14.0. The first-order chi connectivity index (χ1) is 11.7. The number of nitrogens with one attached hydrogen (secondary N) is 1. The SMILES string of the molecule is CN=C(NCCCCN1CCCC(C)C1)N1CCC2(CCOC2)C1.I. The van der Waals surface area contributed by atoms with Crippen LogP contribution in [-0.4, -0.2) is 75.3 Å². The van der Waals surface area contributed by atoms with Gasteiger partial charge < -0.3 is 19.9 Å². The summed E-state index contributed by atoms with van der Waals surface area (Å²) in [6, 6.07) is 0. The van der Waals surface area contributed by atoms with E-state index in [1.165, 1.54) is 58.2 Å². The van der Waals surface area contributed by atoms with Gasteiger partial charge in [0, 0.05) is 45.2 Å². The summed E-state index contributed by atoms with van der Waals surface area (Å²) in [5.74, 6) is 1.98.